The van der Waals surface area contributed by atoms with E-state index in [2.05, 4.69) is 38.2 Å². The Labute approximate surface area is 92.9 Å². The normalized spacial score (nSPS) is 20.9. The summed E-state index contributed by atoms with van der Waals surface area (Å²) in [4.78, 5) is 0. The predicted molar refractivity (Wildman–Crippen MR) is 65.4 cm³/mol. The SMILES string of the molecule is Cc1cc(C)c(C)c(CC2CCCN2)c1. The molecular weight excluding hydrogens is 182 g/mol. The minimum absolute atomic E-state index is 0.713. The van der Waals surface area contributed by atoms with Gasteiger partial charge in [-0.25, -0.2) is 0 Å². The van der Waals surface area contributed by atoms with Crippen molar-refractivity contribution < 1.29 is 0 Å². The van der Waals surface area contributed by atoms with Gasteiger partial charge >= 0.3 is 0 Å². The molecule has 1 aromatic carbocycles. The Balaban J connectivity index is 2.19. The number of benzene rings is 1. The fourth-order valence-electron chi connectivity index (χ4n) is 2.54. The van der Waals surface area contributed by atoms with Crippen molar-refractivity contribution in [3.63, 3.8) is 0 Å². The lowest BCUT2D eigenvalue weighted by Gasteiger charge is -2.15. The van der Waals surface area contributed by atoms with Gasteiger partial charge in [0.2, 0.25) is 0 Å². The lowest BCUT2D eigenvalue weighted by molar-refractivity contribution is 0.601. The van der Waals surface area contributed by atoms with E-state index in [1.54, 1.807) is 0 Å². The van der Waals surface area contributed by atoms with Crippen LogP contribution in [0, 0.1) is 20.8 Å². The first-order valence-electron chi connectivity index (χ1n) is 5.97. The molecule has 1 heterocycles. The van der Waals surface area contributed by atoms with Crippen molar-refractivity contribution in [3.05, 3.63) is 34.4 Å². The third kappa shape index (κ3) is 2.40. The largest absolute Gasteiger partial charge is 0.314 e. The molecule has 15 heavy (non-hydrogen) atoms. The van der Waals surface area contributed by atoms with Gasteiger partial charge in [0.1, 0.15) is 0 Å². The van der Waals surface area contributed by atoms with E-state index in [0.717, 1.165) is 0 Å². The van der Waals surface area contributed by atoms with Gasteiger partial charge in [0, 0.05) is 6.04 Å². The quantitative estimate of drug-likeness (QED) is 0.779. The minimum Gasteiger partial charge on any atom is -0.314 e. The summed E-state index contributed by atoms with van der Waals surface area (Å²) >= 11 is 0. The zero-order valence-electron chi connectivity index (χ0n) is 10.1. The van der Waals surface area contributed by atoms with Gasteiger partial charge in [0.15, 0.2) is 0 Å². The Kier molecular flexibility index (Phi) is 3.11. The number of hydrogen-bond acceptors (Lipinski definition) is 1. The Morgan fingerprint density at radius 2 is 2.07 bits per heavy atom. The van der Waals surface area contributed by atoms with Gasteiger partial charge in [-0.2, -0.15) is 0 Å². The fraction of sp³-hybridized carbons (Fsp3) is 0.571. The van der Waals surface area contributed by atoms with Crippen LogP contribution in [0.3, 0.4) is 0 Å². The van der Waals surface area contributed by atoms with Crippen LogP contribution in [0.4, 0.5) is 0 Å². The molecule has 0 spiro atoms. The van der Waals surface area contributed by atoms with Crippen molar-refractivity contribution in [1.29, 1.82) is 0 Å². The van der Waals surface area contributed by atoms with Gasteiger partial charge in [-0.3, -0.25) is 0 Å². The monoisotopic (exact) mass is 203 g/mol. The van der Waals surface area contributed by atoms with Crippen LogP contribution in [0.1, 0.15) is 35.1 Å². The Morgan fingerprint density at radius 1 is 1.27 bits per heavy atom. The zero-order valence-corrected chi connectivity index (χ0v) is 10.1. The lowest BCUT2D eigenvalue weighted by Crippen LogP contribution is -2.24. The first-order valence-corrected chi connectivity index (χ1v) is 5.97. The van der Waals surface area contributed by atoms with Crippen LogP contribution >= 0.6 is 0 Å². The van der Waals surface area contributed by atoms with Crippen molar-refractivity contribution in [2.24, 2.45) is 0 Å². The Bertz CT molecular complexity index is 349. The molecule has 0 aliphatic carbocycles. The highest BCUT2D eigenvalue weighted by Crippen LogP contribution is 2.19. The minimum atomic E-state index is 0.713. The number of rotatable bonds is 2. The zero-order chi connectivity index (χ0) is 10.8. The molecule has 1 aliphatic rings. The summed E-state index contributed by atoms with van der Waals surface area (Å²) in [6.45, 7) is 7.86. The van der Waals surface area contributed by atoms with Gasteiger partial charge in [0.05, 0.1) is 0 Å². The fourth-order valence-corrected chi connectivity index (χ4v) is 2.54. The van der Waals surface area contributed by atoms with Crippen LogP contribution in [-0.4, -0.2) is 12.6 Å². The first-order chi connectivity index (χ1) is 7.16. The molecule has 82 valence electrons. The summed E-state index contributed by atoms with van der Waals surface area (Å²) in [5.41, 5.74) is 5.84. The summed E-state index contributed by atoms with van der Waals surface area (Å²) in [6, 6.07) is 5.34. The molecule has 2 rings (SSSR count). The summed E-state index contributed by atoms with van der Waals surface area (Å²) in [6.07, 6.45) is 3.88. The maximum Gasteiger partial charge on any atom is 0.0108 e. The molecule has 1 aromatic rings. The average Bonchev–Trinajstić information content (AvgIpc) is 2.66. The van der Waals surface area contributed by atoms with Crippen LogP contribution in [0.25, 0.3) is 0 Å². The van der Waals surface area contributed by atoms with Crippen LogP contribution in [0.5, 0.6) is 0 Å². The summed E-state index contributed by atoms with van der Waals surface area (Å²) in [7, 11) is 0. The predicted octanol–water partition coefficient (Wildman–Crippen LogP) is 2.91. The van der Waals surface area contributed by atoms with Crippen LogP contribution in [-0.2, 0) is 6.42 Å². The van der Waals surface area contributed by atoms with E-state index in [9.17, 15) is 0 Å². The second-order valence-electron chi connectivity index (χ2n) is 4.86. The molecule has 1 heteroatoms. The standard InChI is InChI=1S/C14H21N/c1-10-7-11(2)12(3)13(8-10)9-14-5-4-6-15-14/h7-8,14-15H,4-6,9H2,1-3H3. The van der Waals surface area contributed by atoms with Gasteiger partial charge in [-0.15, -0.1) is 0 Å². The molecule has 0 bridgehead atoms. The van der Waals surface area contributed by atoms with E-state index >= 15 is 0 Å². The third-order valence-electron chi connectivity index (χ3n) is 3.55. The molecule has 0 radical (unpaired) electrons. The number of hydrogen-bond donors (Lipinski definition) is 1. The molecule has 1 atom stereocenters. The van der Waals surface area contributed by atoms with E-state index in [1.807, 2.05) is 0 Å². The van der Waals surface area contributed by atoms with E-state index in [-0.39, 0.29) is 0 Å². The molecular formula is C14H21N. The molecule has 1 nitrogen and oxygen atoms in total. The third-order valence-corrected chi connectivity index (χ3v) is 3.55. The van der Waals surface area contributed by atoms with Crippen molar-refractivity contribution >= 4 is 0 Å². The average molecular weight is 203 g/mol. The summed E-state index contributed by atoms with van der Waals surface area (Å²) < 4.78 is 0. The molecule has 0 aromatic heterocycles. The van der Waals surface area contributed by atoms with Crippen molar-refractivity contribution in [2.45, 2.75) is 46.1 Å². The van der Waals surface area contributed by atoms with Crippen LogP contribution < -0.4 is 5.32 Å². The lowest BCUT2D eigenvalue weighted by atomic mass is 9.95. The molecule has 1 fully saturated rings. The van der Waals surface area contributed by atoms with Crippen molar-refractivity contribution in [3.8, 4) is 0 Å². The highest BCUT2D eigenvalue weighted by Gasteiger charge is 2.15. The van der Waals surface area contributed by atoms with Crippen molar-refractivity contribution in [2.75, 3.05) is 6.54 Å². The van der Waals surface area contributed by atoms with Gasteiger partial charge in [-0.1, -0.05) is 17.7 Å². The topological polar surface area (TPSA) is 12.0 Å². The van der Waals surface area contributed by atoms with Gasteiger partial charge < -0.3 is 5.32 Å². The summed E-state index contributed by atoms with van der Waals surface area (Å²) in [5, 5.41) is 3.57. The summed E-state index contributed by atoms with van der Waals surface area (Å²) in [5.74, 6) is 0. The second-order valence-corrected chi connectivity index (χ2v) is 4.86. The van der Waals surface area contributed by atoms with Gasteiger partial charge in [0.25, 0.3) is 0 Å². The molecule has 1 N–H and O–H groups in total. The maximum absolute atomic E-state index is 3.57. The maximum atomic E-state index is 3.57. The van der Waals surface area contributed by atoms with E-state index in [4.69, 9.17) is 0 Å². The number of nitrogens with one attached hydrogen (secondary N) is 1. The number of aryl methyl sites for hydroxylation is 2. The Hall–Kier alpha value is -0.820. The molecule has 1 saturated heterocycles. The Morgan fingerprint density at radius 3 is 2.73 bits per heavy atom. The molecule has 1 unspecified atom stereocenters. The van der Waals surface area contributed by atoms with Crippen LogP contribution in [0.2, 0.25) is 0 Å². The van der Waals surface area contributed by atoms with Crippen molar-refractivity contribution in [1.82, 2.24) is 5.32 Å². The smallest absolute Gasteiger partial charge is 0.0108 e. The molecule has 1 aliphatic heterocycles. The van der Waals surface area contributed by atoms with Gasteiger partial charge in [-0.05, 0) is 63.3 Å². The van der Waals surface area contributed by atoms with Crippen LogP contribution in [0.15, 0.2) is 12.1 Å². The molecule has 0 saturated carbocycles. The highest BCUT2D eigenvalue weighted by molar-refractivity contribution is 5.37. The molecule has 0 amide bonds. The van der Waals surface area contributed by atoms with E-state index in [1.165, 1.54) is 48.1 Å². The first kappa shape index (κ1) is 10.7. The second kappa shape index (κ2) is 4.36. The van der Waals surface area contributed by atoms with E-state index < -0.39 is 0 Å². The van der Waals surface area contributed by atoms with E-state index in [0.29, 0.717) is 6.04 Å². The highest BCUT2D eigenvalue weighted by atomic mass is 14.9.